The van der Waals surface area contributed by atoms with Gasteiger partial charge in [0.1, 0.15) is 0 Å². The van der Waals surface area contributed by atoms with Crippen LogP contribution in [-0.2, 0) is 0 Å². The lowest BCUT2D eigenvalue weighted by molar-refractivity contribution is 0.180. The van der Waals surface area contributed by atoms with Gasteiger partial charge in [-0.25, -0.2) is 4.98 Å². The number of rotatable bonds is 3. The highest BCUT2D eigenvalue weighted by Crippen LogP contribution is 2.39. The van der Waals surface area contributed by atoms with Gasteiger partial charge in [-0.1, -0.05) is 56.5 Å². The Hall–Kier alpha value is -0.760. The lowest BCUT2D eigenvalue weighted by Crippen LogP contribution is -2.37. The number of anilines is 1. The summed E-state index contributed by atoms with van der Waals surface area (Å²) < 4.78 is 0. The van der Waals surface area contributed by atoms with Gasteiger partial charge in [0, 0.05) is 12.2 Å². The fourth-order valence-electron chi connectivity index (χ4n) is 4.16. The van der Waals surface area contributed by atoms with Gasteiger partial charge in [0.2, 0.25) is 0 Å². The van der Waals surface area contributed by atoms with Gasteiger partial charge in [0.15, 0.2) is 5.15 Å². The molecule has 1 N–H and O–H groups in total. The molecule has 0 aromatic carbocycles. The SMILES string of the molecule is Clc1ncccc1NC1CCCCC1C1CCCCC1. The minimum Gasteiger partial charge on any atom is -0.380 e. The second kappa shape index (κ2) is 6.80. The van der Waals surface area contributed by atoms with Gasteiger partial charge in [-0.2, -0.15) is 0 Å². The van der Waals surface area contributed by atoms with Crippen LogP contribution < -0.4 is 5.32 Å². The van der Waals surface area contributed by atoms with Crippen LogP contribution in [0.1, 0.15) is 57.8 Å². The van der Waals surface area contributed by atoms with E-state index in [-0.39, 0.29) is 0 Å². The molecule has 2 nitrogen and oxygen atoms in total. The van der Waals surface area contributed by atoms with Crippen molar-refractivity contribution in [2.24, 2.45) is 11.8 Å². The topological polar surface area (TPSA) is 24.9 Å². The van der Waals surface area contributed by atoms with Gasteiger partial charge < -0.3 is 5.32 Å². The zero-order valence-corrected chi connectivity index (χ0v) is 12.9. The predicted octanol–water partition coefficient (Wildman–Crippen LogP) is 5.29. The number of pyridine rings is 1. The zero-order chi connectivity index (χ0) is 13.8. The van der Waals surface area contributed by atoms with Crippen LogP contribution in [0.25, 0.3) is 0 Å². The number of aromatic nitrogens is 1. The van der Waals surface area contributed by atoms with Crippen molar-refractivity contribution in [3.05, 3.63) is 23.5 Å². The van der Waals surface area contributed by atoms with Gasteiger partial charge in [-0.05, 0) is 36.8 Å². The lowest BCUT2D eigenvalue weighted by atomic mass is 9.71. The van der Waals surface area contributed by atoms with Crippen LogP contribution >= 0.6 is 11.6 Å². The summed E-state index contributed by atoms with van der Waals surface area (Å²) in [6.45, 7) is 0. The Bertz CT molecular complexity index is 429. The largest absolute Gasteiger partial charge is 0.380 e. The van der Waals surface area contributed by atoms with Crippen molar-refractivity contribution in [1.82, 2.24) is 4.98 Å². The van der Waals surface area contributed by atoms with Gasteiger partial charge >= 0.3 is 0 Å². The van der Waals surface area contributed by atoms with Crippen LogP contribution in [0.3, 0.4) is 0 Å². The molecular formula is C17H25ClN2. The fraction of sp³-hybridized carbons (Fsp3) is 0.706. The van der Waals surface area contributed by atoms with E-state index in [0.29, 0.717) is 11.2 Å². The number of halogens is 1. The van der Waals surface area contributed by atoms with E-state index < -0.39 is 0 Å². The molecule has 2 aliphatic carbocycles. The number of hydrogen-bond acceptors (Lipinski definition) is 2. The van der Waals surface area contributed by atoms with Gasteiger partial charge in [-0.15, -0.1) is 0 Å². The average Bonchev–Trinajstić information content (AvgIpc) is 2.51. The van der Waals surface area contributed by atoms with E-state index in [0.717, 1.165) is 17.5 Å². The first-order chi connectivity index (χ1) is 9.84. The Kier molecular flexibility index (Phi) is 4.82. The maximum atomic E-state index is 6.20. The summed E-state index contributed by atoms with van der Waals surface area (Å²) in [6, 6.07) is 4.61. The lowest BCUT2D eigenvalue weighted by Gasteiger charge is -2.39. The molecule has 3 heteroatoms. The van der Waals surface area contributed by atoms with Crippen LogP contribution in [0.2, 0.25) is 5.15 Å². The van der Waals surface area contributed by atoms with Gasteiger partial charge in [0.05, 0.1) is 5.69 Å². The molecule has 2 atom stereocenters. The molecule has 3 rings (SSSR count). The number of nitrogens with zero attached hydrogens (tertiary/aromatic N) is 1. The Morgan fingerprint density at radius 1 is 1.00 bits per heavy atom. The summed E-state index contributed by atoms with van der Waals surface area (Å²) in [5.41, 5.74) is 1.02. The Morgan fingerprint density at radius 2 is 1.75 bits per heavy atom. The standard InChI is InChI=1S/C17H25ClN2/c18-17-16(11-6-12-19-17)20-15-10-5-4-9-14(15)13-7-2-1-3-8-13/h6,11-15,20H,1-5,7-10H2. The molecule has 1 aromatic rings. The molecule has 1 aromatic heterocycles. The molecule has 0 spiro atoms. The highest BCUT2D eigenvalue weighted by Gasteiger charge is 2.32. The summed E-state index contributed by atoms with van der Waals surface area (Å²) in [7, 11) is 0. The quantitative estimate of drug-likeness (QED) is 0.766. The normalized spacial score (nSPS) is 28.2. The highest BCUT2D eigenvalue weighted by molar-refractivity contribution is 6.31. The van der Waals surface area contributed by atoms with E-state index in [1.807, 2.05) is 6.07 Å². The first-order valence-corrected chi connectivity index (χ1v) is 8.59. The van der Waals surface area contributed by atoms with Crippen molar-refractivity contribution in [1.29, 1.82) is 0 Å². The highest BCUT2D eigenvalue weighted by atomic mass is 35.5. The molecule has 0 bridgehead atoms. The van der Waals surface area contributed by atoms with E-state index in [2.05, 4.69) is 16.4 Å². The molecule has 0 radical (unpaired) electrons. The molecule has 2 saturated carbocycles. The Morgan fingerprint density at radius 3 is 2.55 bits per heavy atom. The molecule has 2 aliphatic rings. The minimum atomic E-state index is 0.591. The molecule has 0 amide bonds. The average molecular weight is 293 g/mol. The molecule has 2 unspecified atom stereocenters. The van der Waals surface area contributed by atoms with Crippen molar-refractivity contribution in [3.8, 4) is 0 Å². The summed E-state index contributed by atoms with van der Waals surface area (Å²) in [5.74, 6) is 1.76. The third-order valence-corrected chi connectivity index (χ3v) is 5.48. The van der Waals surface area contributed by atoms with E-state index >= 15 is 0 Å². The maximum absolute atomic E-state index is 6.20. The molecule has 2 fully saturated rings. The van der Waals surface area contributed by atoms with Gasteiger partial charge in [0.25, 0.3) is 0 Å². The third-order valence-electron chi connectivity index (χ3n) is 5.17. The van der Waals surface area contributed by atoms with Crippen molar-refractivity contribution in [2.75, 3.05) is 5.32 Å². The zero-order valence-electron chi connectivity index (χ0n) is 12.2. The Labute approximate surface area is 127 Å². The minimum absolute atomic E-state index is 0.591. The van der Waals surface area contributed by atoms with Crippen LogP contribution in [-0.4, -0.2) is 11.0 Å². The van der Waals surface area contributed by atoms with Crippen molar-refractivity contribution in [2.45, 2.75) is 63.8 Å². The first-order valence-electron chi connectivity index (χ1n) is 8.21. The molecule has 110 valence electrons. The van der Waals surface area contributed by atoms with Crippen LogP contribution in [0.4, 0.5) is 5.69 Å². The monoisotopic (exact) mass is 292 g/mol. The van der Waals surface area contributed by atoms with Crippen molar-refractivity contribution in [3.63, 3.8) is 0 Å². The number of nitrogens with one attached hydrogen (secondary N) is 1. The summed E-state index contributed by atoms with van der Waals surface area (Å²) in [5, 5.41) is 4.31. The first kappa shape index (κ1) is 14.2. The van der Waals surface area contributed by atoms with Crippen molar-refractivity contribution >= 4 is 17.3 Å². The second-order valence-corrected chi connectivity index (χ2v) is 6.80. The van der Waals surface area contributed by atoms with E-state index in [9.17, 15) is 0 Å². The summed E-state index contributed by atoms with van der Waals surface area (Å²) in [6.07, 6.45) is 14.4. The van der Waals surface area contributed by atoms with Crippen LogP contribution in [0.15, 0.2) is 18.3 Å². The van der Waals surface area contributed by atoms with E-state index in [4.69, 9.17) is 11.6 Å². The molecule has 1 heterocycles. The van der Waals surface area contributed by atoms with Crippen LogP contribution in [0.5, 0.6) is 0 Å². The van der Waals surface area contributed by atoms with Crippen molar-refractivity contribution < 1.29 is 0 Å². The molecular weight excluding hydrogens is 268 g/mol. The molecule has 0 saturated heterocycles. The van der Waals surface area contributed by atoms with Gasteiger partial charge in [-0.3, -0.25) is 0 Å². The molecule has 20 heavy (non-hydrogen) atoms. The second-order valence-electron chi connectivity index (χ2n) is 6.44. The maximum Gasteiger partial charge on any atom is 0.152 e. The predicted molar refractivity (Wildman–Crippen MR) is 85.2 cm³/mol. The Balaban J connectivity index is 1.70. The summed E-state index contributed by atoms with van der Waals surface area (Å²) >= 11 is 6.20. The fourth-order valence-corrected chi connectivity index (χ4v) is 4.33. The summed E-state index contributed by atoms with van der Waals surface area (Å²) in [4.78, 5) is 4.19. The van der Waals surface area contributed by atoms with Crippen LogP contribution in [0, 0.1) is 11.8 Å². The third kappa shape index (κ3) is 3.28. The molecule has 0 aliphatic heterocycles. The number of hydrogen-bond donors (Lipinski definition) is 1. The smallest absolute Gasteiger partial charge is 0.152 e. The van der Waals surface area contributed by atoms with E-state index in [1.54, 1.807) is 6.20 Å². The van der Waals surface area contributed by atoms with E-state index in [1.165, 1.54) is 57.8 Å².